The third kappa shape index (κ3) is 7.90. The molecule has 1 fully saturated rings. The number of anilines is 2. The topological polar surface area (TPSA) is 176 Å². The van der Waals surface area contributed by atoms with Crippen molar-refractivity contribution in [3.05, 3.63) is 54.4 Å². The van der Waals surface area contributed by atoms with Gasteiger partial charge < -0.3 is 20.1 Å². The number of aromatic nitrogens is 4. The predicted octanol–water partition coefficient (Wildman–Crippen LogP) is 4.04. The fourth-order valence-corrected chi connectivity index (χ4v) is 5.39. The van der Waals surface area contributed by atoms with E-state index in [9.17, 15) is 14.3 Å². The summed E-state index contributed by atoms with van der Waals surface area (Å²) >= 11 is 0. The summed E-state index contributed by atoms with van der Waals surface area (Å²) in [5, 5.41) is 3.34. The number of nitrogens with zero attached hydrogens (tertiary/aromatic N) is 4. The number of benzene rings is 1. The Kier molecular flexibility index (Phi) is 9.31. The Morgan fingerprint density at radius 2 is 2.05 bits per heavy atom. The highest BCUT2D eigenvalue weighted by Gasteiger charge is 2.33. The molecule has 0 saturated heterocycles. The summed E-state index contributed by atoms with van der Waals surface area (Å²) < 4.78 is 24.7. The molecule has 41 heavy (non-hydrogen) atoms. The third-order valence-corrected chi connectivity index (χ3v) is 7.85. The molecule has 13 nitrogen and oxygen atoms in total. The van der Waals surface area contributed by atoms with E-state index in [2.05, 4.69) is 25.7 Å². The summed E-state index contributed by atoms with van der Waals surface area (Å²) in [6.45, 7) is 2.10. The molecule has 4 atom stereocenters. The molecule has 5 rings (SSSR count). The summed E-state index contributed by atoms with van der Waals surface area (Å²) in [6, 6.07) is 8.80. The Balaban J connectivity index is 1.13. The zero-order valence-corrected chi connectivity index (χ0v) is 23.8. The lowest BCUT2D eigenvalue weighted by atomic mass is 10.1. The number of carbonyl (C=O) groups excluding carboxylic acids is 1. The number of nitrogens with one attached hydrogen (secondary N) is 2. The number of nitrogens with two attached hydrogens (primary N) is 1. The van der Waals surface area contributed by atoms with E-state index in [1.807, 2.05) is 54.0 Å². The Morgan fingerprint density at radius 3 is 2.80 bits per heavy atom. The lowest BCUT2D eigenvalue weighted by molar-refractivity contribution is -0.143. The van der Waals surface area contributed by atoms with Crippen molar-refractivity contribution in [1.29, 1.82) is 0 Å². The largest absolute Gasteiger partial charge is 0.529 e. The van der Waals surface area contributed by atoms with Crippen LogP contribution in [0.1, 0.15) is 57.1 Å². The number of unbranched alkanes of at least 4 members (excludes halogenated alkanes) is 1. The van der Waals surface area contributed by atoms with Crippen molar-refractivity contribution in [2.45, 2.75) is 70.2 Å². The van der Waals surface area contributed by atoms with Crippen LogP contribution in [0.25, 0.3) is 11.2 Å². The monoisotopic (exact) mass is 585 g/mol. The SMILES string of the molecule is CCCC[C@H](NOCc1ccccc1)C(=O)OP(=O)(O)OC[C@@H]1C=C[C@H](n2cnc3c(NC4CC4)nc(N)nc32)C1. The van der Waals surface area contributed by atoms with Gasteiger partial charge in [-0.2, -0.15) is 15.4 Å². The van der Waals surface area contributed by atoms with Crippen LogP contribution in [0, 0.1) is 5.92 Å². The van der Waals surface area contributed by atoms with Crippen molar-refractivity contribution >= 4 is 36.7 Å². The summed E-state index contributed by atoms with van der Waals surface area (Å²) in [5.41, 5.74) is 10.8. The average molecular weight is 586 g/mol. The molecule has 3 aromatic rings. The quantitative estimate of drug-likeness (QED) is 0.115. The first kappa shape index (κ1) is 29.2. The Hall–Kier alpha value is -3.35. The number of hydrogen-bond acceptors (Lipinski definition) is 11. The minimum atomic E-state index is -4.66. The van der Waals surface area contributed by atoms with Crippen LogP contribution in [0.4, 0.5) is 11.8 Å². The fourth-order valence-electron chi connectivity index (χ4n) is 4.61. The van der Waals surface area contributed by atoms with Gasteiger partial charge in [0.2, 0.25) is 5.95 Å². The molecule has 14 heteroatoms. The van der Waals surface area contributed by atoms with Gasteiger partial charge in [-0.25, -0.2) is 14.3 Å². The van der Waals surface area contributed by atoms with Crippen molar-refractivity contribution in [3.63, 3.8) is 0 Å². The molecule has 0 spiro atoms. The first-order chi connectivity index (χ1) is 19.8. The second-order valence-corrected chi connectivity index (χ2v) is 11.8. The van der Waals surface area contributed by atoms with Crippen molar-refractivity contribution in [2.75, 3.05) is 17.7 Å². The summed E-state index contributed by atoms with van der Waals surface area (Å²) in [5.74, 6) is -0.321. The van der Waals surface area contributed by atoms with Crippen LogP contribution >= 0.6 is 7.82 Å². The molecule has 0 radical (unpaired) electrons. The molecule has 5 N–H and O–H groups in total. The Morgan fingerprint density at radius 1 is 1.24 bits per heavy atom. The van der Waals surface area contributed by atoms with Gasteiger partial charge in [-0.15, -0.1) is 0 Å². The lowest BCUT2D eigenvalue weighted by Crippen LogP contribution is -2.37. The van der Waals surface area contributed by atoms with E-state index < -0.39 is 19.8 Å². The van der Waals surface area contributed by atoms with E-state index in [1.54, 1.807) is 6.33 Å². The third-order valence-electron chi connectivity index (χ3n) is 6.96. The maximum Gasteiger partial charge on any atom is 0.529 e. The van der Waals surface area contributed by atoms with Gasteiger partial charge in [0, 0.05) is 12.0 Å². The van der Waals surface area contributed by atoms with E-state index in [1.165, 1.54) is 0 Å². The molecule has 0 bridgehead atoms. The highest BCUT2D eigenvalue weighted by molar-refractivity contribution is 7.48. The molecule has 220 valence electrons. The van der Waals surface area contributed by atoms with E-state index in [0.29, 0.717) is 42.3 Å². The molecule has 2 aromatic heterocycles. The molecule has 2 aliphatic rings. The van der Waals surface area contributed by atoms with E-state index in [-0.39, 0.29) is 31.1 Å². The number of allylic oxidation sites excluding steroid dienone is 1. The molecule has 0 aliphatic heterocycles. The average Bonchev–Trinajstić information content (AvgIpc) is 3.46. The number of nitrogen functional groups attached to an aromatic ring is 1. The van der Waals surface area contributed by atoms with E-state index >= 15 is 0 Å². The number of imidazole rings is 1. The first-order valence-electron chi connectivity index (χ1n) is 13.9. The van der Waals surface area contributed by atoms with Gasteiger partial charge >= 0.3 is 13.8 Å². The normalized spacial score (nSPS) is 20.6. The number of phosphoric acid groups is 1. The van der Waals surface area contributed by atoms with Crippen LogP contribution < -0.4 is 16.5 Å². The second-order valence-electron chi connectivity index (χ2n) is 10.4. The predicted molar refractivity (Wildman–Crippen MR) is 152 cm³/mol. The van der Waals surface area contributed by atoms with E-state index in [0.717, 1.165) is 24.8 Å². The van der Waals surface area contributed by atoms with E-state index in [4.69, 9.17) is 19.6 Å². The first-order valence-corrected chi connectivity index (χ1v) is 15.4. The summed E-state index contributed by atoms with van der Waals surface area (Å²) in [6.07, 6.45) is 10.2. The van der Waals surface area contributed by atoms with Gasteiger partial charge in [-0.3, -0.25) is 14.3 Å². The van der Waals surface area contributed by atoms with Crippen LogP contribution in [0.2, 0.25) is 0 Å². The highest BCUT2D eigenvalue weighted by atomic mass is 31.2. The minimum Gasteiger partial charge on any atom is -0.369 e. The van der Waals surface area contributed by atoms with Gasteiger partial charge in [0.15, 0.2) is 17.0 Å². The molecule has 0 amide bonds. The second kappa shape index (κ2) is 13.1. The number of phosphoric ester groups is 1. The van der Waals surface area contributed by atoms with Crippen LogP contribution in [0.3, 0.4) is 0 Å². The number of carbonyl (C=O) groups is 1. The van der Waals surface area contributed by atoms with Crippen LogP contribution in [-0.4, -0.2) is 49.1 Å². The number of hydrogen-bond donors (Lipinski definition) is 4. The smallest absolute Gasteiger partial charge is 0.369 e. The molecule has 2 heterocycles. The fraction of sp³-hybridized carbons (Fsp3) is 0.481. The van der Waals surface area contributed by atoms with Gasteiger partial charge in [0.1, 0.15) is 6.04 Å². The molecular formula is C27H36N7O6P. The zero-order valence-electron chi connectivity index (χ0n) is 22.9. The van der Waals surface area contributed by atoms with Crippen molar-refractivity contribution in [2.24, 2.45) is 5.92 Å². The summed E-state index contributed by atoms with van der Waals surface area (Å²) in [4.78, 5) is 41.7. The molecule has 1 saturated carbocycles. The van der Waals surface area contributed by atoms with Crippen molar-refractivity contribution in [1.82, 2.24) is 25.0 Å². The standard InChI is InChI=1S/C27H36N7O6P/c1-2-3-9-22(33-38-15-18-7-5-4-6-8-18)26(35)40-41(36,37)39-16-19-10-13-21(14-19)34-17-29-23-24(30-20-11-12-20)31-27(28)32-25(23)34/h4-8,10,13,17,19-22,33H,2-3,9,11-12,14-16H2,1H3,(H,36,37)(H3,28,30,31,32)/t19-,21+,22+/m1/s1. The van der Waals surface area contributed by atoms with Gasteiger partial charge in [-0.05, 0) is 31.2 Å². The maximum absolute atomic E-state index is 12.7. The minimum absolute atomic E-state index is 0.107. The van der Waals surface area contributed by atoms with Crippen LogP contribution in [-0.2, 0) is 29.9 Å². The van der Waals surface area contributed by atoms with Crippen molar-refractivity contribution < 1.29 is 28.1 Å². The Bertz CT molecular complexity index is 1410. The van der Waals surface area contributed by atoms with Crippen molar-refractivity contribution in [3.8, 4) is 0 Å². The molecule has 1 aromatic carbocycles. The lowest BCUT2D eigenvalue weighted by Gasteiger charge is -2.20. The zero-order chi connectivity index (χ0) is 28.8. The molecule has 2 aliphatic carbocycles. The molecular weight excluding hydrogens is 549 g/mol. The summed E-state index contributed by atoms with van der Waals surface area (Å²) in [7, 11) is -4.66. The number of rotatable bonds is 15. The van der Waals surface area contributed by atoms with Gasteiger partial charge in [0.25, 0.3) is 0 Å². The Labute approximate surface area is 238 Å². The maximum atomic E-state index is 12.7. The van der Waals surface area contributed by atoms with Gasteiger partial charge in [0.05, 0.1) is 25.6 Å². The van der Waals surface area contributed by atoms with Gasteiger partial charge in [-0.1, -0.05) is 62.2 Å². The number of fused-ring (bicyclic) bond motifs is 1. The molecule has 1 unspecified atom stereocenters. The number of hydroxylamine groups is 1. The van der Waals surface area contributed by atoms with Crippen LogP contribution in [0.15, 0.2) is 48.8 Å². The van der Waals surface area contributed by atoms with Crippen LogP contribution in [0.5, 0.6) is 0 Å². The highest BCUT2D eigenvalue weighted by Crippen LogP contribution is 2.45.